The van der Waals surface area contributed by atoms with E-state index in [2.05, 4.69) is 17.6 Å². The average Bonchev–Trinajstić information content (AvgIpc) is 2.79. The summed E-state index contributed by atoms with van der Waals surface area (Å²) >= 11 is 5.35. The maximum absolute atomic E-state index is 13.0. The van der Waals surface area contributed by atoms with Crippen LogP contribution in [0.15, 0.2) is 48.5 Å². The number of ether oxygens (including phenoxy) is 1. The van der Waals surface area contributed by atoms with Crippen LogP contribution in [0.25, 0.3) is 0 Å². The highest BCUT2D eigenvalue weighted by Crippen LogP contribution is 2.22. The van der Waals surface area contributed by atoms with Crippen molar-refractivity contribution >= 4 is 34.8 Å². The summed E-state index contributed by atoms with van der Waals surface area (Å²) < 4.78 is 5.79. The number of thiocarbonyl (C=S) groups is 1. The summed E-state index contributed by atoms with van der Waals surface area (Å²) in [5.74, 6) is 0.914. The zero-order valence-electron chi connectivity index (χ0n) is 18.9. The van der Waals surface area contributed by atoms with Crippen molar-refractivity contribution in [3.63, 3.8) is 0 Å². The Labute approximate surface area is 195 Å². The van der Waals surface area contributed by atoms with Crippen LogP contribution in [-0.2, 0) is 0 Å². The van der Waals surface area contributed by atoms with Gasteiger partial charge in [0.25, 0.3) is 11.8 Å². The second-order valence-electron chi connectivity index (χ2n) is 8.29. The van der Waals surface area contributed by atoms with Crippen LogP contribution in [0.1, 0.15) is 60.7 Å². The third kappa shape index (κ3) is 6.29. The van der Waals surface area contributed by atoms with E-state index in [4.69, 9.17) is 17.0 Å². The number of likely N-dealkylation sites (tertiary alicyclic amines) is 1. The smallest absolute Gasteiger partial charge is 0.257 e. The number of nitrogens with zero attached hydrogens (tertiary/aromatic N) is 1. The van der Waals surface area contributed by atoms with E-state index in [0.717, 1.165) is 32.4 Å². The first kappa shape index (κ1) is 23.7. The van der Waals surface area contributed by atoms with Crippen LogP contribution >= 0.6 is 12.2 Å². The first-order valence-corrected chi connectivity index (χ1v) is 11.6. The number of amides is 2. The highest BCUT2D eigenvalue weighted by Gasteiger charge is 2.23. The van der Waals surface area contributed by atoms with Crippen molar-refractivity contribution in [2.24, 2.45) is 5.92 Å². The minimum atomic E-state index is -0.342. The molecule has 1 aliphatic heterocycles. The van der Waals surface area contributed by atoms with Crippen molar-refractivity contribution in [1.82, 2.24) is 10.2 Å². The normalized spacial score (nSPS) is 15.0. The molecule has 1 heterocycles. The highest BCUT2D eigenvalue weighted by molar-refractivity contribution is 7.80. The predicted octanol–water partition coefficient (Wildman–Crippen LogP) is 4.86. The van der Waals surface area contributed by atoms with Gasteiger partial charge in [-0.25, -0.2) is 0 Å². The van der Waals surface area contributed by atoms with Crippen LogP contribution in [0.5, 0.6) is 5.75 Å². The van der Waals surface area contributed by atoms with Gasteiger partial charge in [-0.15, -0.1) is 0 Å². The SMILES string of the molecule is CCC(C)Oc1cccc(C(=O)NC(=S)Nc2ccccc2C(=O)N2CCC(C)CC2)c1. The Morgan fingerprint density at radius 2 is 1.88 bits per heavy atom. The molecule has 7 heteroatoms. The van der Waals surface area contributed by atoms with Crippen molar-refractivity contribution < 1.29 is 14.3 Å². The summed E-state index contributed by atoms with van der Waals surface area (Å²) in [6, 6.07) is 14.2. The van der Waals surface area contributed by atoms with Crippen molar-refractivity contribution in [2.45, 2.75) is 46.1 Å². The molecule has 1 fully saturated rings. The van der Waals surface area contributed by atoms with Gasteiger partial charge in [0.2, 0.25) is 0 Å². The fourth-order valence-corrected chi connectivity index (χ4v) is 3.72. The summed E-state index contributed by atoms with van der Waals surface area (Å²) in [6.07, 6.45) is 2.96. The summed E-state index contributed by atoms with van der Waals surface area (Å²) in [6.45, 7) is 7.74. The fraction of sp³-hybridized carbons (Fsp3) is 0.400. The van der Waals surface area contributed by atoms with E-state index in [1.165, 1.54) is 0 Å². The molecule has 0 saturated carbocycles. The standard InChI is InChI=1S/C25H31N3O3S/c1-4-18(3)31-20-9-7-8-19(16-20)23(29)27-25(32)26-22-11-6-5-10-21(22)24(30)28-14-12-17(2)13-15-28/h5-11,16-18H,4,12-15H2,1-3H3,(H2,26,27,29,32). The van der Waals surface area contributed by atoms with Crippen molar-refractivity contribution in [3.8, 4) is 5.75 Å². The average molecular weight is 454 g/mol. The molecule has 2 aromatic rings. The van der Waals surface area contributed by atoms with Gasteiger partial charge in [0.15, 0.2) is 5.11 Å². The number of rotatable bonds is 6. The minimum Gasteiger partial charge on any atom is -0.491 e. The third-order valence-corrected chi connectivity index (χ3v) is 5.92. The minimum absolute atomic E-state index is 0.0241. The Kier molecular flexibility index (Phi) is 8.22. The Morgan fingerprint density at radius 1 is 1.16 bits per heavy atom. The van der Waals surface area contributed by atoms with Crippen LogP contribution in [0.4, 0.5) is 5.69 Å². The maximum Gasteiger partial charge on any atom is 0.257 e. The van der Waals surface area contributed by atoms with E-state index in [-0.39, 0.29) is 23.0 Å². The molecule has 6 nitrogen and oxygen atoms in total. The van der Waals surface area contributed by atoms with Gasteiger partial charge in [0.1, 0.15) is 5.75 Å². The largest absolute Gasteiger partial charge is 0.491 e. The van der Waals surface area contributed by atoms with Gasteiger partial charge in [0, 0.05) is 18.7 Å². The summed E-state index contributed by atoms with van der Waals surface area (Å²) in [7, 11) is 0. The van der Waals surface area contributed by atoms with Gasteiger partial charge in [-0.3, -0.25) is 14.9 Å². The van der Waals surface area contributed by atoms with Gasteiger partial charge in [-0.2, -0.15) is 0 Å². The lowest BCUT2D eigenvalue weighted by molar-refractivity contribution is 0.0698. The van der Waals surface area contributed by atoms with Crippen LogP contribution in [0.2, 0.25) is 0 Å². The molecule has 1 unspecified atom stereocenters. The molecule has 1 atom stereocenters. The zero-order valence-corrected chi connectivity index (χ0v) is 19.7. The van der Waals surface area contributed by atoms with E-state index in [1.807, 2.05) is 36.9 Å². The molecule has 3 rings (SSSR count). The predicted molar refractivity (Wildman–Crippen MR) is 131 cm³/mol. The molecule has 2 aromatic carbocycles. The monoisotopic (exact) mass is 453 g/mol. The molecule has 2 N–H and O–H groups in total. The number of carbonyl (C=O) groups excluding carboxylic acids is 2. The number of hydrogen-bond donors (Lipinski definition) is 2. The van der Waals surface area contributed by atoms with E-state index < -0.39 is 0 Å². The highest BCUT2D eigenvalue weighted by atomic mass is 32.1. The third-order valence-electron chi connectivity index (χ3n) is 5.71. The van der Waals surface area contributed by atoms with Gasteiger partial charge in [-0.1, -0.05) is 32.0 Å². The summed E-state index contributed by atoms with van der Waals surface area (Å²) in [5, 5.41) is 5.84. The van der Waals surface area contributed by atoms with E-state index in [9.17, 15) is 9.59 Å². The first-order valence-electron chi connectivity index (χ1n) is 11.1. The van der Waals surface area contributed by atoms with E-state index in [0.29, 0.717) is 28.5 Å². The Bertz CT molecular complexity index is 970. The van der Waals surface area contributed by atoms with Gasteiger partial charge >= 0.3 is 0 Å². The number of benzene rings is 2. The summed E-state index contributed by atoms with van der Waals surface area (Å²) in [5.41, 5.74) is 1.57. The lowest BCUT2D eigenvalue weighted by Gasteiger charge is -2.30. The molecule has 0 spiro atoms. The van der Waals surface area contributed by atoms with Crippen molar-refractivity contribution in [3.05, 3.63) is 59.7 Å². The molecule has 2 amide bonds. The first-order chi connectivity index (χ1) is 15.4. The molecule has 0 aromatic heterocycles. The number of anilines is 1. The molecule has 0 radical (unpaired) electrons. The lowest BCUT2D eigenvalue weighted by Crippen LogP contribution is -2.39. The van der Waals surface area contributed by atoms with Crippen LogP contribution < -0.4 is 15.4 Å². The van der Waals surface area contributed by atoms with Crippen molar-refractivity contribution in [1.29, 1.82) is 0 Å². The molecule has 1 aliphatic rings. The second kappa shape index (κ2) is 11.1. The molecular weight excluding hydrogens is 422 g/mol. The molecule has 0 bridgehead atoms. The number of para-hydroxylation sites is 1. The number of carbonyl (C=O) groups is 2. The Balaban J connectivity index is 1.65. The van der Waals surface area contributed by atoms with Crippen molar-refractivity contribution in [2.75, 3.05) is 18.4 Å². The second-order valence-corrected chi connectivity index (χ2v) is 8.70. The van der Waals surface area contributed by atoms with Gasteiger partial charge in [-0.05, 0) is 74.7 Å². The molecular formula is C25H31N3O3S. The molecule has 32 heavy (non-hydrogen) atoms. The van der Waals surface area contributed by atoms with Crippen LogP contribution in [0.3, 0.4) is 0 Å². The van der Waals surface area contributed by atoms with E-state index in [1.54, 1.807) is 30.3 Å². The van der Waals surface area contributed by atoms with Crippen LogP contribution in [0, 0.1) is 5.92 Å². The molecule has 0 aliphatic carbocycles. The molecule has 170 valence electrons. The summed E-state index contributed by atoms with van der Waals surface area (Å²) in [4.78, 5) is 27.6. The lowest BCUT2D eigenvalue weighted by atomic mass is 9.98. The Hall–Kier alpha value is -2.93. The van der Waals surface area contributed by atoms with E-state index >= 15 is 0 Å². The van der Waals surface area contributed by atoms with Gasteiger partial charge < -0.3 is 15.0 Å². The topological polar surface area (TPSA) is 70.7 Å². The Morgan fingerprint density at radius 3 is 2.59 bits per heavy atom. The number of piperidine rings is 1. The number of nitrogens with one attached hydrogen (secondary N) is 2. The number of hydrogen-bond acceptors (Lipinski definition) is 4. The zero-order chi connectivity index (χ0) is 23.1. The quantitative estimate of drug-likeness (QED) is 0.611. The fourth-order valence-electron chi connectivity index (χ4n) is 3.52. The van der Waals surface area contributed by atoms with Crippen LogP contribution in [-0.4, -0.2) is 41.0 Å². The maximum atomic E-state index is 13.0. The van der Waals surface area contributed by atoms with Gasteiger partial charge in [0.05, 0.1) is 17.4 Å². The molecule has 1 saturated heterocycles.